The second-order valence-electron chi connectivity index (χ2n) is 3.68. The first-order chi connectivity index (χ1) is 5.72. The topological polar surface area (TPSA) is 63.2 Å². The van der Waals surface area contributed by atoms with Gasteiger partial charge in [-0.3, -0.25) is 4.79 Å². The molecule has 0 aromatic rings. The maximum Gasteiger partial charge on any atom is 0.209 e. The van der Waals surface area contributed by atoms with Gasteiger partial charge in [0.1, 0.15) is 5.78 Å². The average Bonchev–Trinajstić information content (AvgIpc) is 1.81. The van der Waals surface area contributed by atoms with Gasteiger partial charge >= 0.3 is 0 Å². The summed E-state index contributed by atoms with van der Waals surface area (Å²) < 4.78 is 24.0. The van der Waals surface area contributed by atoms with E-state index in [0.717, 1.165) is 6.26 Å². The molecule has 0 aromatic heterocycles. The molecule has 0 aromatic carbocycles. The number of Topliss-reactive ketones (excluding diaryl/α,β-unsaturated/α-hetero) is 1. The Morgan fingerprint density at radius 1 is 1.38 bits per heavy atom. The van der Waals surface area contributed by atoms with Gasteiger partial charge in [0.25, 0.3) is 0 Å². The summed E-state index contributed by atoms with van der Waals surface area (Å²) in [6.45, 7) is 5.28. The zero-order valence-electron chi connectivity index (χ0n) is 8.49. The van der Waals surface area contributed by atoms with Gasteiger partial charge in [0.15, 0.2) is 0 Å². The number of ketones is 1. The largest absolute Gasteiger partial charge is 0.298 e. The van der Waals surface area contributed by atoms with Crippen LogP contribution in [-0.4, -0.2) is 26.5 Å². The van der Waals surface area contributed by atoms with Crippen molar-refractivity contribution in [2.75, 3.05) is 6.26 Å². The smallest absolute Gasteiger partial charge is 0.209 e. The fourth-order valence-electron chi connectivity index (χ4n) is 1.03. The van der Waals surface area contributed by atoms with Crippen molar-refractivity contribution < 1.29 is 13.2 Å². The van der Waals surface area contributed by atoms with E-state index in [9.17, 15) is 13.2 Å². The number of nitrogens with one attached hydrogen (secondary N) is 1. The van der Waals surface area contributed by atoms with Crippen molar-refractivity contribution in [3.8, 4) is 0 Å². The van der Waals surface area contributed by atoms with Crippen LogP contribution in [0.15, 0.2) is 0 Å². The molecule has 0 aliphatic carbocycles. The van der Waals surface area contributed by atoms with Crippen molar-refractivity contribution in [2.45, 2.75) is 33.2 Å². The molecular weight excluding hydrogens is 190 g/mol. The lowest BCUT2D eigenvalue weighted by Crippen LogP contribution is -2.39. The first kappa shape index (κ1) is 12.6. The molecular formula is C8H17NO3S. The predicted molar refractivity (Wildman–Crippen MR) is 51.9 cm³/mol. The lowest BCUT2D eigenvalue weighted by atomic mass is 10.0. The van der Waals surface area contributed by atoms with Gasteiger partial charge in [-0.2, -0.15) is 0 Å². The number of hydrogen-bond donors (Lipinski definition) is 1. The molecule has 1 atom stereocenters. The molecule has 5 heteroatoms. The zero-order chi connectivity index (χ0) is 10.6. The molecule has 0 unspecified atom stereocenters. The molecule has 0 aliphatic rings. The van der Waals surface area contributed by atoms with Crippen LogP contribution in [0.1, 0.15) is 27.2 Å². The van der Waals surface area contributed by atoms with Crippen LogP contribution in [0.25, 0.3) is 0 Å². The Morgan fingerprint density at radius 2 is 1.85 bits per heavy atom. The van der Waals surface area contributed by atoms with Crippen LogP contribution in [0, 0.1) is 5.92 Å². The predicted octanol–water partition coefficient (Wildman–Crippen LogP) is 0.539. The number of hydrogen-bond acceptors (Lipinski definition) is 3. The van der Waals surface area contributed by atoms with E-state index in [1.54, 1.807) is 0 Å². The zero-order valence-corrected chi connectivity index (χ0v) is 9.31. The van der Waals surface area contributed by atoms with Crippen molar-refractivity contribution in [1.82, 2.24) is 4.72 Å². The molecule has 0 saturated heterocycles. The number of carbonyl (C=O) groups is 1. The molecule has 0 bridgehead atoms. The molecule has 4 nitrogen and oxygen atoms in total. The molecule has 1 N–H and O–H groups in total. The van der Waals surface area contributed by atoms with Crippen LogP contribution < -0.4 is 4.72 Å². The Kier molecular flexibility index (Phi) is 4.56. The highest BCUT2D eigenvalue weighted by atomic mass is 32.2. The van der Waals surface area contributed by atoms with Crippen LogP contribution in [0.5, 0.6) is 0 Å². The van der Waals surface area contributed by atoms with E-state index >= 15 is 0 Å². The molecule has 13 heavy (non-hydrogen) atoms. The standard InChI is InChI=1S/C8H17NO3S/c1-6(2)5-8(7(3)10)9-13(4,11)12/h6,8-9H,5H2,1-4H3/t8-/m0/s1. The minimum atomic E-state index is -3.28. The second kappa shape index (κ2) is 4.72. The van der Waals surface area contributed by atoms with Gasteiger partial charge in [-0.05, 0) is 19.3 Å². The van der Waals surface area contributed by atoms with Crippen LogP contribution in [0.4, 0.5) is 0 Å². The summed E-state index contributed by atoms with van der Waals surface area (Å²) in [6, 6.07) is -0.574. The van der Waals surface area contributed by atoms with Gasteiger partial charge < -0.3 is 0 Å². The van der Waals surface area contributed by atoms with Crippen LogP contribution >= 0.6 is 0 Å². The molecule has 0 amide bonds. The summed E-state index contributed by atoms with van der Waals surface area (Å²) >= 11 is 0. The summed E-state index contributed by atoms with van der Waals surface area (Å²) in [5.41, 5.74) is 0. The van der Waals surface area contributed by atoms with Crippen LogP contribution in [0.3, 0.4) is 0 Å². The van der Waals surface area contributed by atoms with Crippen LogP contribution in [-0.2, 0) is 14.8 Å². The third-order valence-electron chi connectivity index (χ3n) is 1.55. The minimum absolute atomic E-state index is 0.140. The first-order valence-electron chi connectivity index (χ1n) is 4.20. The highest BCUT2D eigenvalue weighted by molar-refractivity contribution is 7.88. The van der Waals surface area contributed by atoms with E-state index in [-0.39, 0.29) is 5.78 Å². The van der Waals surface area contributed by atoms with E-state index in [1.165, 1.54) is 6.92 Å². The molecule has 0 fully saturated rings. The summed E-state index contributed by atoms with van der Waals surface area (Å²) in [7, 11) is -3.28. The molecule has 0 aliphatic heterocycles. The van der Waals surface area contributed by atoms with Gasteiger partial charge in [0.2, 0.25) is 10.0 Å². The van der Waals surface area contributed by atoms with E-state index in [2.05, 4.69) is 4.72 Å². The lowest BCUT2D eigenvalue weighted by Gasteiger charge is -2.16. The molecule has 78 valence electrons. The summed E-state index contributed by atoms with van der Waals surface area (Å²) in [5.74, 6) is 0.155. The molecule has 0 saturated carbocycles. The fraction of sp³-hybridized carbons (Fsp3) is 0.875. The normalized spacial score (nSPS) is 14.5. The third-order valence-corrected chi connectivity index (χ3v) is 2.27. The molecule has 0 rings (SSSR count). The summed E-state index contributed by atoms with van der Waals surface area (Å²) in [4.78, 5) is 11.0. The average molecular weight is 207 g/mol. The SMILES string of the molecule is CC(=O)[C@H](CC(C)C)NS(C)(=O)=O. The van der Waals surface area contributed by atoms with E-state index in [1.807, 2.05) is 13.8 Å². The monoisotopic (exact) mass is 207 g/mol. The Bertz CT molecular complexity index is 269. The highest BCUT2D eigenvalue weighted by Gasteiger charge is 2.19. The maximum absolute atomic E-state index is 11.0. The van der Waals surface area contributed by atoms with E-state index in [4.69, 9.17) is 0 Å². The van der Waals surface area contributed by atoms with Gasteiger partial charge in [0, 0.05) is 0 Å². The van der Waals surface area contributed by atoms with Crippen molar-refractivity contribution >= 4 is 15.8 Å². The lowest BCUT2D eigenvalue weighted by molar-refractivity contribution is -0.118. The molecule has 0 heterocycles. The highest BCUT2D eigenvalue weighted by Crippen LogP contribution is 2.06. The summed E-state index contributed by atoms with van der Waals surface area (Å²) in [6.07, 6.45) is 1.60. The second-order valence-corrected chi connectivity index (χ2v) is 5.46. The van der Waals surface area contributed by atoms with Crippen LogP contribution in [0.2, 0.25) is 0 Å². The molecule has 0 radical (unpaired) electrons. The Morgan fingerprint density at radius 3 is 2.08 bits per heavy atom. The van der Waals surface area contributed by atoms with Gasteiger partial charge in [-0.25, -0.2) is 13.1 Å². The fourth-order valence-corrected chi connectivity index (χ4v) is 1.81. The van der Waals surface area contributed by atoms with Crippen molar-refractivity contribution in [1.29, 1.82) is 0 Å². The maximum atomic E-state index is 11.0. The van der Waals surface area contributed by atoms with E-state index in [0.29, 0.717) is 12.3 Å². The number of carbonyl (C=O) groups excluding carboxylic acids is 1. The summed E-state index contributed by atoms with van der Waals surface area (Å²) in [5, 5.41) is 0. The number of sulfonamides is 1. The van der Waals surface area contributed by atoms with Gasteiger partial charge in [-0.1, -0.05) is 13.8 Å². The van der Waals surface area contributed by atoms with Crippen molar-refractivity contribution in [3.63, 3.8) is 0 Å². The van der Waals surface area contributed by atoms with Crippen molar-refractivity contribution in [3.05, 3.63) is 0 Å². The minimum Gasteiger partial charge on any atom is -0.298 e. The van der Waals surface area contributed by atoms with E-state index < -0.39 is 16.1 Å². The van der Waals surface area contributed by atoms with Gasteiger partial charge in [-0.15, -0.1) is 0 Å². The molecule has 0 spiro atoms. The third kappa shape index (κ3) is 6.72. The Labute approximate surface area is 79.8 Å². The Hall–Kier alpha value is -0.420. The Balaban J connectivity index is 4.37. The first-order valence-corrected chi connectivity index (χ1v) is 6.09. The number of rotatable bonds is 5. The quantitative estimate of drug-likeness (QED) is 0.715. The van der Waals surface area contributed by atoms with Crippen molar-refractivity contribution in [2.24, 2.45) is 5.92 Å². The van der Waals surface area contributed by atoms with Gasteiger partial charge in [0.05, 0.1) is 12.3 Å².